The highest BCUT2D eigenvalue weighted by Gasteiger charge is 2.38. The van der Waals surface area contributed by atoms with Gasteiger partial charge in [0.25, 0.3) is 0 Å². The van der Waals surface area contributed by atoms with E-state index in [-0.39, 0.29) is 23.4 Å². The molecule has 3 aliphatic rings. The van der Waals surface area contributed by atoms with Gasteiger partial charge in [-0.2, -0.15) is 0 Å². The van der Waals surface area contributed by atoms with Gasteiger partial charge in [0.1, 0.15) is 0 Å². The molecule has 2 heterocycles. The van der Waals surface area contributed by atoms with E-state index in [9.17, 15) is 4.79 Å². The predicted molar refractivity (Wildman–Crippen MR) is 117 cm³/mol. The highest BCUT2D eigenvalue weighted by molar-refractivity contribution is 5.81. The van der Waals surface area contributed by atoms with Crippen molar-refractivity contribution < 1.29 is 9.53 Å². The summed E-state index contributed by atoms with van der Waals surface area (Å²) >= 11 is 0. The molecule has 2 saturated heterocycles. The van der Waals surface area contributed by atoms with E-state index < -0.39 is 0 Å². The average molecular weight is 408 g/mol. The molecule has 0 spiro atoms. The average Bonchev–Trinajstić information content (AvgIpc) is 3.21. The standard InChI is InChI=1S/C22H41N5O2/c1-4-23-21(25-19-8-11-26(16-19)20(28)18(2)3)24-17-22(9-6-5-7-10-22)27-12-14-29-15-13-27/h18-19H,4-17H2,1-3H3,(H2,23,24,25). The molecule has 0 radical (unpaired) electrons. The molecule has 1 atom stereocenters. The molecular formula is C22H41N5O2. The van der Waals surface area contributed by atoms with E-state index in [1.54, 1.807) is 0 Å². The molecule has 1 amide bonds. The first-order valence-electron chi connectivity index (χ1n) is 11.7. The lowest BCUT2D eigenvalue weighted by atomic mass is 9.80. The normalized spacial score (nSPS) is 26.0. The molecule has 0 aromatic rings. The van der Waals surface area contributed by atoms with Crippen LogP contribution >= 0.6 is 0 Å². The lowest BCUT2D eigenvalue weighted by Gasteiger charge is -2.47. The Labute approximate surface area is 176 Å². The van der Waals surface area contributed by atoms with Crippen molar-refractivity contribution in [3.63, 3.8) is 0 Å². The molecule has 0 aromatic heterocycles. The van der Waals surface area contributed by atoms with Gasteiger partial charge in [0, 0.05) is 50.2 Å². The van der Waals surface area contributed by atoms with Crippen molar-refractivity contribution in [3.05, 3.63) is 0 Å². The van der Waals surface area contributed by atoms with E-state index >= 15 is 0 Å². The Bertz CT molecular complexity index is 553. The van der Waals surface area contributed by atoms with Gasteiger partial charge in [-0.05, 0) is 26.2 Å². The van der Waals surface area contributed by atoms with Gasteiger partial charge < -0.3 is 20.3 Å². The Morgan fingerprint density at radius 1 is 1.17 bits per heavy atom. The molecule has 3 rings (SSSR count). The van der Waals surface area contributed by atoms with Gasteiger partial charge in [0.15, 0.2) is 5.96 Å². The molecule has 166 valence electrons. The van der Waals surface area contributed by atoms with Crippen LogP contribution < -0.4 is 10.6 Å². The third-order valence-corrected chi connectivity index (χ3v) is 6.68. The van der Waals surface area contributed by atoms with E-state index in [2.05, 4.69) is 22.5 Å². The Kier molecular flexibility index (Phi) is 8.18. The van der Waals surface area contributed by atoms with E-state index in [4.69, 9.17) is 9.73 Å². The van der Waals surface area contributed by atoms with Gasteiger partial charge in [0.05, 0.1) is 19.8 Å². The Balaban J connectivity index is 1.63. The fourth-order valence-corrected chi connectivity index (χ4v) is 5.00. The van der Waals surface area contributed by atoms with Gasteiger partial charge in [-0.1, -0.05) is 33.1 Å². The number of rotatable bonds is 6. The van der Waals surface area contributed by atoms with Crippen LogP contribution in [-0.4, -0.2) is 85.7 Å². The first-order chi connectivity index (χ1) is 14.0. The third-order valence-electron chi connectivity index (χ3n) is 6.68. The zero-order valence-corrected chi connectivity index (χ0v) is 18.7. The van der Waals surface area contributed by atoms with Crippen LogP contribution in [-0.2, 0) is 9.53 Å². The number of carbonyl (C=O) groups is 1. The zero-order chi connectivity index (χ0) is 20.7. The first kappa shape index (κ1) is 22.3. The lowest BCUT2D eigenvalue weighted by Crippen LogP contribution is -2.57. The molecule has 7 nitrogen and oxygen atoms in total. The largest absolute Gasteiger partial charge is 0.379 e. The molecule has 0 bridgehead atoms. The van der Waals surface area contributed by atoms with Crippen molar-refractivity contribution in [3.8, 4) is 0 Å². The topological polar surface area (TPSA) is 69.2 Å². The van der Waals surface area contributed by atoms with Crippen molar-refractivity contribution >= 4 is 11.9 Å². The second kappa shape index (κ2) is 10.6. The van der Waals surface area contributed by atoms with E-state index in [1.165, 1.54) is 32.1 Å². The number of amides is 1. The maximum absolute atomic E-state index is 12.3. The smallest absolute Gasteiger partial charge is 0.225 e. The van der Waals surface area contributed by atoms with Crippen molar-refractivity contribution in [2.75, 3.05) is 52.5 Å². The predicted octanol–water partition coefficient (Wildman–Crippen LogP) is 1.83. The Morgan fingerprint density at radius 3 is 2.55 bits per heavy atom. The number of carbonyl (C=O) groups excluding carboxylic acids is 1. The fraction of sp³-hybridized carbons (Fsp3) is 0.909. The highest BCUT2D eigenvalue weighted by Crippen LogP contribution is 2.34. The molecule has 1 unspecified atom stereocenters. The summed E-state index contributed by atoms with van der Waals surface area (Å²) in [4.78, 5) is 22.0. The summed E-state index contributed by atoms with van der Waals surface area (Å²) in [7, 11) is 0. The van der Waals surface area contributed by atoms with Crippen LogP contribution in [0.1, 0.15) is 59.3 Å². The monoisotopic (exact) mass is 407 g/mol. The van der Waals surface area contributed by atoms with Crippen molar-refractivity contribution in [2.45, 2.75) is 70.9 Å². The summed E-state index contributed by atoms with van der Waals surface area (Å²) in [5.74, 6) is 1.22. The van der Waals surface area contributed by atoms with Crippen LogP contribution in [0.4, 0.5) is 0 Å². The highest BCUT2D eigenvalue weighted by atomic mass is 16.5. The summed E-state index contributed by atoms with van der Waals surface area (Å²) in [5.41, 5.74) is 0.180. The number of aliphatic imine (C=N–C) groups is 1. The van der Waals surface area contributed by atoms with Crippen molar-refractivity contribution in [1.29, 1.82) is 0 Å². The maximum Gasteiger partial charge on any atom is 0.225 e. The van der Waals surface area contributed by atoms with Gasteiger partial charge >= 0.3 is 0 Å². The molecule has 1 aliphatic carbocycles. The minimum atomic E-state index is 0.0651. The van der Waals surface area contributed by atoms with Crippen LogP contribution in [0.5, 0.6) is 0 Å². The zero-order valence-electron chi connectivity index (χ0n) is 18.7. The minimum Gasteiger partial charge on any atom is -0.379 e. The van der Waals surface area contributed by atoms with Crippen molar-refractivity contribution in [1.82, 2.24) is 20.4 Å². The molecule has 3 fully saturated rings. The van der Waals surface area contributed by atoms with Crippen LogP contribution in [0, 0.1) is 5.92 Å². The number of hydrogen-bond donors (Lipinski definition) is 2. The quantitative estimate of drug-likeness (QED) is 0.519. The molecule has 0 aromatic carbocycles. The van der Waals surface area contributed by atoms with Crippen LogP contribution in [0.3, 0.4) is 0 Å². The summed E-state index contributed by atoms with van der Waals surface area (Å²) in [6.45, 7) is 13.1. The maximum atomic E-state index is 12.3. The minimum absolute atomic E-state index is 0.0651. The van der Waals surface area contributed by atoms with Gasteiger partial charge in [-0.3, -0.25) is 14.7 Å². The summed E-state index contributed by atoms with van der Waals surface area (Å²) in [6, 6.07) is 0.279. The third kappa shape index (κ3) is 5.85. The Morgan fingerprint density at radius 2 is 1.90 bits per heavy atom. The molecular weight excluding hydrogens is 366 g/mol. The first-order valence-corrected chi connectivity index (χ1v) is 11.7. The van der Waals surface area contributed by atoms with Gasteiger partial charge in [-0.25, -0.2) is 0 Å². The van der Waals surface area contributed by atoms with E-state index in [0.29, 0.717) is 0 Å². The molecule has 2 aliphatic heterocycles. The number of ether oxygens (including phenoxy) is 1. The van der Waals surface area contributed by atoms with Crippen molar-refractivity contribution in [2.24, 2.45) is 10.9 Å². The molecule has 2 N–H and O–H groups in total. The number of morpholine rings is 1. The summed E-state index contributed by atoms with van der Waals surface area (Å²) in [6.07, 6.45) is 7.39. The Hall–Kier alpha value is -1.34. The van der Waals surface area contributed by atoms with Crippen LogP contribution in [0.2, 0.25) is 0 Å². The number of nitrogens with zero attached hydrogens (tertiary/aromatic N) is 3. The lowest BCUT2D eigenvalue weighted by molar-refractivity contribution is -0.133. The van der Waals surface area contributed by atoms with Gasteiger partial charge in [-0.15, -0.1) is 0 Å². The molecule has 29 heavy (non-hydrogen) atoms. The van der Waals surface area contributed by atoms with E-state index in [0.717, 1.165) is 64.9 Å². The van der Waals surface area contributed by atoms with Crippen LogP contribution in [0.25, 0.3) is 0 Å². The van der Waals surface area contributed by atoms with Crippen LogP contribution in [0.15, 0.2) is 4.99 Å². The fourth-order valence-electron chi connectivity index (χ4n) is 5.00. The number of guanidine groups is 1. The SMILES string of the molecule is CCNC(=NCC1(N2CCOCC2)CCCCC1)NC1CCN(C(=O)C(C)C)C1. The number of nitrogens with one attached hydrogen (secondary N) is 2. The molecule has 7 heteroatoms. The number of hydrogen-bond acceptors (Lipinski definition) is 4. The summed E-state index contributed by atoms with van der Waals surface area (Å²) < 4.78 is 5.60. The van der Waals surface area contributed by atoms with Gasteiger partial charge in [0.2, 0.25) is 5.91 Å². The second-order valence-corrected chi connectivity index (χ2v) is 9.15. The number of likely N-dealkylation sites (tertiary alicyclic amines) is 1. The summed E-state index contributed by atoms with van der Waals surface area (Å²) in [5, 5.41) is 7.03. The second-order valence-electron chi connectivity index (χ2n) is 9.15. The van der Waals surface area contributed by atoms with E-state index in [1.807, 2.05) is 18.7 Å². The molecule has 1 saturated carbocycles.